The summed E-state index contributed by atoms with van der Waals surface area (Å²) in [4.78, 5) is 0. The zero-order chi connectivity index (χ0) is 11.3. The Balaban J connectivity index is 2.07. The smallest absolute Gasteiger partial charge is 0.129 e. The summed E-state index contributed by atoms with van der Waals surface area (Å²) in [5.74, 6) is 2.82. The van der Waals surface area contributed by atoms with Crippen molar-refractivity contribution >= 4 is 22.6 Å². The van der Waals surface area contributed by atoms with Gasteiger partial charge in [0.15, 0.2) is 0 Å². The minimum Gasteiger partial charge on any atom is -0.192 e. The molecule has 4 fully saturated rings. The lowest BCUT2D eigenvalue weighted by Gasteiger charge is -2.54. The second-order valence-corrected chi connectivity index (χ2v) is 6.81. The van der Waals surface area contributed by atoms with Gasteiger partial charge in [-0.05, 0) is 54.9 Å². The largest absolute Gasteiger partial charge is 0.192 e. The Hall–Kier alpha value is -0.550. The third-order valence-electron chi connectivity index (χ3n) is 4.61. The van der Waals surface area contributed by atoms with Crippen LogP contribution in [-0.2, 0) is 0 Å². The van der Waals surface area contributed by atoms with Gasteiger partial charge in [0, 0.05) is 3.92 Å². The fraction of sp³-hybridized carbons (Fsp3) is 0.692. The van der Waals surface area contributed by atoms with Crippen LogP contribution in [0.4, 0.5) is 0 Å². The number of hydrogen-bond donors (Lipinski definition) is 0. The summed E-state index contributed by atoms with van der Waals surface area (Å²) in [5.41, 5.74) is 1.65. The summed E-state index contributed by atoms with van der Waals surface area (Å²) in [5, 5.41) is 18.1. The number of hydrogen-bond acceptors (Lipinski definition) is 2. The van der Waals surface area contributed by atoms with Crippen molar-refractivity contribution in [2.75, 3.05) is 0 Å². The van der Waals surface area contributed by atoms with Gasteiger partial charge in [0.25, 0.3) is 0 Å². The van der Waals surface area contributed by atoms with Crippen molar-refractivity contribution in [1.82, 2.24) is 0 Å². The van der Waals surface area contributed by atoms with Gasteiger partial charge in [-0.15, -0.1) is 0 Å². The van der Waals surface area contributed by atoms with Crippen molar-refractivity contribution in [3.8, 4) is 12.1 Å². The molecule has 0 aromatic rings. The lowest BCUT2D eigenvalue weighted by atomic mass is 9.53. The lowest BCUT2D eigenvalue weighted by Crippen LogP contribution is -2.47. The van der Waals surface area contributed by atoms with E-state index in [0.717, 1.165) is 11.8 Å². The monoisotopic (exact) mass is 324 g/mol. The maximum atomic E-state index is 9.06. The topological polar surface area (TPSA) is 47.6 Å². The summed E-state index contributed by atoms with van der Waals surface area (Å²) in [6.07, 6.45) is 5.08. The van der Waals surface area contributed by atoms with Crippen LogP contribution >= 0.6 is 22.6 Å². The van der Waals surface area contributed by atoms with Crippen LogP contribution in [0.15, 0.2) is 11.1 Å². The van der Waals surface area contributed by atoms with Gasteiger partial charge in [0.05, 0.1) is 0 Å². The molecule has 4 aliphatic carbocycles. The minimum absolute atomic E-state index is 0.426. The Labute approximate surface area is 109 Å². The highest BCUT2D eigenvalue weighted by molar-refractivity contribution is 14.1. The zero-order valence-corrected chi connectivity index (χ0v) is 11.1. The zero-order valence-electron chi connectivity index (χ0n) is 8.99. The molecule has 4 saturated carbocycles. The molecule has 0 aromatic carbocycles. The van der Waals surface area contributed by atoms with Gasteiger partial charge in [-0.2, -0.15) is 10.5 Å². The minimum atomic E-state index is 0.426. The highest BCUT2D eigenvalue weighted by atomic mass is 127. The summed E-state index contributed by atoms with van der Waals surface area (Å²) in [6, 6.07) is 4.23. The molecule has 0 aromatic heterocycles. The highest BCUT2D eigenvalue weighted by Crippen LogP contribution is 2.59. The Morgan fingerprint density at radius 1 is 1.12 bits per heavy atom. The molecule has 4 aliphatic rings. The number of nitriles is 2. The number of rotatable bonds is 0. The molecule has 4 bridgehead atoms. The number of halogens is 1. The van der Waals surface area contributed by atoms with Crippen LogP contribution < -0.4 is 0 Å². The molecule has 0 heterocycles. The molecule has 0 N–H and O–H groups in total. The Morgan fingerprint density at radius 2 is 1.88 bits per heavy atom. The van der Waals surface area contributed by atoms with Crippen molar-refractivity contribution in [2.45, 2.75) is 29.6 Å². The molecule has 4 rings (SSSR count). The van der Waals surface area contributed by atoms with Crippen molar-refractivity contribution in [3.63, 3.8) is 0 Å². The first-order chi connectivity index (χ1) is 7.74. The average Bonchev–Trinajstić information content (AvgIpc) is 2.29. The van der Waals surface area contributed by atoms with Crippen LogP contribution in [0.1, 0.15) is 25.7 Å². The van der Waals surface area contributed by atoms with E-state index in [1.165, 1.54) is 31.3 Å². The number of nitrogens with zero attached hydrogens (tertiary/aromatic N) is 2. The lowest BCUT2D eigenvalue weighted by molar-refractivity contribution is 0.0817. The molecule has 3 heteroatoms. The number of allylic oxidation sites excluding steroid dienone is 2. The molecule has 0 spiro atoms. The molecular weight excluding hydrogens is 311 g/mol. The van der Waals surface area contributed by atoms with Gasteiger partial charge < -0.3 is 0 Å². The SMILES string of the molecule is N#CC(C#N)=C1C2CC3CC(C2)[C@H](I)C1C3. The third kappa shape index (κ3) is 1.34. The van der Waals surface area contributed by atoms with E-state index in [1.807, 2.05) is 0 Å². The second kappa shape index (κ2) is 3.74. The van der Waals surface area contributed by atoms with Crippen molar-refractivity contribution < 1.29 is 0 Å². The molecule has 0 saturated heterocycles. The van der Waals surface area contributed by atoms with Crippen LogP contribution in [0, 0.1) is 46.3 Å². The van der Waals surface area contributed by atoms with E-state index in [2.05, 4.69) is 34.7 Å². The Kier molecular flexibility index (Phi) is 2.47. The Morgan fingerprint density at radius 3 is 2.56 bits per heavy atom. The van der Waals surface area contributed by atoms with Crippen LogP contribution in [0.25, 0.3) is 0 Å². The van der Waals surface area contributed by atoms with E-state index in [4.69, 9.17) is 10.5 Å². The molecule has 82 valence electrons. The molecule has 2 nitrogen and oxygen atoms in total. The summed E-state index contributed by atoms with van der Waals surface area (Å²) in [7, 11) is 0. The Bertz CT molecular complexity index is 424. The molecule has 5 atom stereocenters. The normalized spacial score (nSPS) is 43.9. The number of alkyl halides is 1. The van der Waals surface area contributed by atoms with Gasteiger partial charge >= 0.3 is 0 Å². The summed E-state index contributed by atoms with van der Waals surface area (Å²) >= 11 is 2.55. The van der Waals surface area contributed by atoms with Gasteiger partial charge in [0.2, 0.25) is 0 Å². The quantitative estimate of drug-likeness (QED) is 0.390. The predicted molar refractivity (Wildman–Crippen MR) is 68.5 cm³/mol. The first-order valence-electron chi connectivity index (χ1n) is 5.93. The van der Waals surface area contributed by atoms with Crippen molar-refractivity contribution in [3.05, 3.63) is 11.1 Å². The van der Waals surface area contributed by atoms with E-state index in [-0.39, 0.29) is 0 Å². The molecule has 0 radical (unpaired) electrons. The van der Waals surface area contributed by atoms with E-state index >= 15 is 0 Å². The molecule has 0 aliphatic heterocycles. The molecular formula is C13H13IN2. The fourth-order valence-electron chi connectivity index (χ4n) is 4.15. The third-order valence-corrected chi connectivity index (χ3v) is 6.50. The van der Waals surface area contributed by atoms with Crippen LogP contribution in [0.2, 0.25) is 0 Å². The van der Waals surface area contributed by atoms with Gasteiger partial charge in [-0.3, -0.25) is 0 Å². The summed E-state index contributed by atoms with van der Waals surface area (Å²) in [6.45, 7) is 0. The van der Waals surface area contributed by atoms with Crippen LogP contribution in [0.5, 0.6) is 0 Å². The van der Waals surface area contributed by atoms with Gasteiger partial charge in [-0.1, -0.05) is 22.6 Å². The van der Waals surface area contributed by atoms with E-state index in [0.29, 0.717) is 21.3 Å². The highest BCUT2D eigenvalue weighted by Gasteiger charge is 2.50. The maximum Gasteiger partial charge on any atom is 0.129 e. The van der Waals surface area contributed by atoms with Crippen LogP contribution in [0.3, 0.4) is 0 Å². The second-order valence-electron chi connectivity index (χ2n) is 5.37. The van der Waals surface area contributed by atoms with Crippen molar-refractivity contribution in [1.29, 1.82) is 10.5 Å². The molecule has 0 amide bonds. The van der Waals surface area contributed by atoms with Gasteiger partial charge in [-0.25, -0.2) is 0 Å². The van der Waals surface area contributed by atoms with E-state index < -0.39 is 0 Å². The maximum absolute atomic E-state index is 9.06. The summed E-state index contributed by atoms with van der Waals surface area (Å²) < 4.78 is 0.664. The first-order valence-corrected chi connectivity index (χ1v) is 7.17. The average molecular weight is 324 g/mol. The standard InChI is InChI=1S/C13H13IN2/c14-13-9-2-7-1-8(4-9)12(11(13)3-7)10(5-15)6-16/h7-9,11,13H,1-4H2/t7?,8?,9?,11?,13-/m0/s1. The predicted octanol–water partition coefficient (Wildman–Crippen LogP) is 3.20. The van der Waals surface area contributed by atoms with Crippen molar-refractivity contribution in [2.24, 2.45) is 23.7 Å². The van der Waals surface area contributed by atoms with E-state index in [1.54, 1.807) is 0 Å². The fourth-order valence-corrected chi connectivity index (χ4v) is 5.42. The van der Waals surface area contributed by atoms with Crippen LogP contribution in [-0.4, -0.2) is 3.92 Å². The molecule has 4 unspecified atom stereocenters. The van der Waals surface area contributed by atoms with Gasteiger partial charge in [0.1, 0.15) is 17.7 Å². The molecule has 16 heavy (non-hydrogen) atoms. The van der Waals surface area contributed by atoms with E-state index in [9.17, 15) is 0 Å². The first kappa shape index (κ1) is 10.6.